The zero-order valence-corrected chi connectivity index (χ0v) is 13.8. The molecule has 6 heteroatoms. The lowest BCUT2D eigenvalue weighted by molar-refractivity contribution is 0.601. The third-order valence-electron chi connectivity index (χ3n) is 3.33. The highest BCUT2D eigenvalue weighted by Gasteiger charge is 2.14. The molecule has 2 rings (SSSR count). The summed E-state index contributed by atoms with van der Waals surface area (Å²) in [4.78, 5) is 0.256. The fraction of sp³-hybridized carbons (Fsp3) is 0.250. The first-order valence-corrected chi connectivity index (χ1v) is 8.49. The van der Waals surface area contributed by atoms with Gasteiger partial charge in [-0.25, -0.2) is 8.42 Å². The largest absolute Gasteiger partial charge is 0.388 e. The van der Waals surface area contributed by atoms with Crippen molar-refractivity contribution in [2.24, 2.45) is 0 Å². The highest BCUT2D eigenvalue weighted by molar-refractivity contribution is 7.92. The lowest BCUT2D eigenvalue weighted by atomic mass is 10.1. The number of hydrogen-bond donors (Lipinski definition) is 3. The van der Waals surface area contributed by atoms with Gasteiger partial charge in [-0.15, -0.1) is 0 Å². The predicted molar refractivity (Wildman–Crippen MR) is 90.7 cm³/mol. The molecule has 3 N–H and O–H groups in total. The van der Waals surface area contributed by atoms with Crippen LogP contribution in [0.2, 0.25) is 0 Å². The SMILES string of the molecule is CNCc1cc(NS(=O)(=O)c2ccc(C)cc2)ccc1NC. The number of benzene rings is 2. The van der Waals surface area contributed by atoms with Crippen LogP contribution < -0.4 is 15.4 Å². The Morgan fingerprint density at radius 2 is 1.68 bits per heavy atom. The number of hydrogen-bond acceptors (Lipinski definition) is 4. The first-order valence-electron chi connectivity index (χ1n) is 7.01. The molecule has 0 aliphatic rings. The Balaban J connectivity index is 2.29. The molecule has 5 nitrogen and oxygen atoms in total. The van der Waals surface area contributed by atoms with Crippen LogP contribution >= 0.6 is 0 Å². The van der Waals surface area contributed by atoms with Gasteiger partial charge in [-0.3, -0.25) is 4.72 Å². The number of aryl methyl sites for hydroxylation is 1. The molecule has 0 saturated heterocycles. The standard InChI is InChI=1S/C16H21N3O2S/c1-12-4-7-15(8-5-12)22(20,21)19-14-6-9-16(18-3)13(10-14)11-17-2/h4-10,17-19H,11H2,1-3H3. The minimum Gasteiger partial charge on any atom is -0.388 e. The van der Waals surface area contributed by atoms with Crippen molar-refractivity contribution in [3.05, 3.63) is 53.6 Å². The first-order chi connectivity index (χ1) is 10.5. The fourth-order valence-corrected chi connectivity index (χ4v) is 3.22. The Morgan fingerprint density at radius 3 is 2.27 bits per heavy atom. The predicted octanol–water partition coefficient (Wildman–Crippen LogP) is 2.56. The second kappa shape index (κ2) is 6.81. The van der Waals surface area contributed by atoms with Crippen molar-refractivity contribution >= 4 is 21.4 Å². The summed E-state index contributed by atoms with van der Waals surface area (Å²) in [5.41, 5.74) is 3.53. The van der Waals surface area contributed by atoms with Crippen molar-refractivity contribution in [3.63, 3.8) is 0 Å². The summed E-state index contributed by atoms with van der Waals surface area (Å²) in [6, 6.07) is 12.2. The van der Waals surface area contributed by atoms with Gasteiger partial charge in [0.25, 0.3) is 10.0 Å². The van der Waals surface area contributed by atoms with E-state index >= 15 is 0 Å². The minimum atomic E-state index is -3.57. The smallest absolute Gasteiger partial charge is 0.261 e. The van der Waals surface area contributed by atoms with E-state index in [1.165, 1.54) is 0 Å². The summed E-state index contributed by atoms with van der Waals surface area (Å²) in [7, 11) is 0.116. The Kier molecular flexibility index (Phi) is 5.05. The van der Waals surface area contributed by atoms with Gasteiger partial charge >= 0.3 is 0 Å². The summed E-state index contributed by atoms with van der Waals surface area (Å²) < 4.78 is 27.4. The van der Waals surface area contributed by atoms with Gasteiger partial charge in [0.2, 0.25) is 0 Å². The molecule has 0 saturated carbocycles. The molecule has 0 spiro atoms. The quantitative estimate of drug-likeness (QED) is 0.765. The first kappa shape index (κ1) is 16.3. The van der Waals surface area contributed by atoms with Crippen molar-refractivity contribution < 1.29 is 8.42 Å². The molecule has 22 heavy (non-hydrogen) atoms. The third-order valence-corrected chi connectivity index (χ3v) is 4.72. The lowest BCUT2D eigenvalue weighted by Gasteiger charge is -2.13. The van der Waals surface area contributed by atoms with Gasteiger partial charge in [-0.2, -0.15) is 0 Å². The molecule has 2 aromatic carbocycles. The number of nitrogens with one attached hydrogen (secondary N) is 3. The average molecular weight is 319 g/mol. The molecule has 0 unspecified atom stereocenters. The number of anilines is 2. The zero-order valence-electron chi connectivity index (χ0n) is 13.0. The molecular formula is C16H21N3O2S. The third kappa shape index (κ3) is 3.78. The molecule has 0 aliphatic heterocycles. The van der Waals surface area contributed by atoms with Crippen molar-refractivity contribution in [2.75, 3.05) is 24.1 Å². The van der Waals surface area contributed by atoms with Gasteiger partial charge in [0.1, 0.15) is 0 Å². The molecule has 0 fully saturated rings. The molecule has 0 radical (unpaired) electrons. The molecule has 0 bridgehead atoms. The molecule has 0 aromatic heterocycles. The molecule has 118 valence electrons. The van der Waals surface area contributed by atoms with Crippen LogP contribution in [0.4, 0.5) is 11.4 Å². The van der Waals surface area contributed by atoms with Gasteiger partial charge in [0.15, 0.2) is 0 Å². The van der Waals surface area contributed by atoms with Crippen LogP contribution in [0.15, 0.2) is 47.4 Å². The topological polar surface area (TPSA) is 70.2 Å². The summed E-state index contributed by atoms with van der Waals surface area (Å²) in [6.07, 6.45) is 0. The maximum absolute atomic E-state index is 12.4. The summed E-state index contributed by atoms with van der Waals surface area (Å²) >= 11 is 0. The van der Waals surface area contributed by atoms with Crippen molar-refractivity contribution in [2.45, 2.75) is 18.4 Å². The molecular weight excluding hydrogens is 298 g/mol. The van der Waals surface area contributed by atoms with Crippen LogP contribution in [0.3, 0.4) is 0 Å². The van der Waals surface area contributed by atoms with E-state index in [2.05, 4.69) is 15.4 Å². The van der Waals surface area contributed by atoms with E-state index in [9.17, 15) is 8.42 Å². The molecule has 0 aliphatic carbocycles. The van der Waals surface area contributed by atoms with Gasteiger partial charge in [-0.05, 0) is 49.9 Å². The maximum atomic E-state index is 12.4. The monoisotopic (exact) mass is 319 g/mol. The molecule has 2 aromatic rings. The average Bonchev–Trinajstić information content (AvgIpc) is 2.48. The van der Waals surface area contributed by atoms with Crippen LogP contribution in [0.1, 0.15) is 11.1 Å². The fourth-order valence-electron chi connectivity index (χ4n) is 2.17. The van der Waals surface area contributed by atoms with E-state index in [4.69, 9.17) is 0 Å². The van der Waals surface area contributed by atoms with Gasteiger partial charge in [-0.1, -0.05) is 17.7 Å². The van der Waals surface area contributed by atoms with Crippen LogP contribution in [-0.4, -0.2) is 22.5 Å². The summed E-state index contributed by atoms with van der Waals surface area (Å²) in [5.74, 6) is 0. The zero-order chi connectivity index (χ0) is 16.2. The molecule has 0 amide bonds. The van der Waals surface area contributed by atoms with E-state index in [1.54, 1.807) is 30.3 Å². The van der Waals surface area contributed by atoms with Gasteiger partial charge in [0.05, 0.1) is 4.90 Å². The lowest BCUT2D eigenvalue weighted by Crippen LogP contribution is -2.14. The Bertz CT molecular complexity index is 740. The van der Waals surface area contributed by atoms with Crippen LogP contribution in [-0.2, 0) is 16.6 Å². The van der Waals surface area contributed by atoms with Crippen LogP contribution in [0, 0.1) is 6.92 Å². The Morgan fingerprint density at radius 1 is 1.00 bits per heavy atom. The van der Waals surface area contributed by atoms with E-state index in [0.29, 0.717) is 12.2 Å². The van der Waals surface area contributed by atoms with Crippen molar-refractivity contribution in [1.82, 2.24) is 5.32 Å². The molecule has 0 atom stereocenters. The van der Waals surface area contributed by atoms with E-state index in [0.717, 1.165) is 16.8 Å². The van der Waals surface area contributed by atoms with Crippen LogP contribution in [0.25, 0.3) is 0 Å². The van der Waals surface area contributed by atoms with Gasteiger partial charge in [0, 0.05) is 25.0 Å². The Labute approximate surface area is 131 Å². The minimum absolute atomic E-state index is 0.256. The summed E-state index contributed by atoms with van der Waals surface area (Å²) in [6.45, 7) is 2.57. The second-order valence-corrected chi connectivity index (χ2v) is 6.75. The van der Waals surface area contributed by atoms with E-state index < -0.39 is 10.0 Å². The van der Waals surface area contributed by atoms with E-state index in [-0.39, 0.29) is 4.90 Å². The Hall–Kier alpha value is -2.05. The highest BCUT2D eigenvalue weighted by atomic mass is 32.2. The van der Waals surface area contributed by atoms with E-state index in [1.807, 2.05) is 33.2 Å². The van der Waals surface area contributed by atoms with Crippen molar-refractivity contribution in [1.29, 1.82) is 0 Å². The summed E-state index contributed by atoms with van der Waals surface area (Å²) in [5, 5.41) is 6.16. The highest BCUT2D eigenvalue weighted by Crippen LogP contribution is 2.22. The number of rotatable bonds is 6. The maximum Gasteiger partial charge on any atom is 0.261 e. The van der Waals surface area contributed by atoms with Crippen LogP contribution in [0.5, 0.6) is 0 Å². The van der Waals surface area contributed by atoms with Gasteiger partial charge < -0.3 is 10.6 Å². The second-order valence-electron chi connectivity index (χ2n) is 5.07. The van der Waals surface area contributed by atoms with Crippen molar-refractivity contribution in [3.8, 4) is 0 Å². The number of sulfonamides is 1. The normalized spacial score (nSPS) is 11.2. The molecule has 0 heterocycles.